The Morgan fingerprint density at radius 1 is 1.33 bits per heavy atom. The summed E-state index contributed by atoms with van der Waals surface area (Å²) in [5, 5.41) is 4.48. The number of hydrogen-bond acceptors (Lipinski definition) is 4. The molecule has 2 rings (SSSR count). The number of benzene rings is 1. The van der Waals surface area contributed by atoms with Crippen LogP contribution in [0.5, 0.6) is 0 Å². The summed E-state index contributed by atoms with van der Waals surface area (Å²) in [7, 11) is 1.71. The zero-order chi connectivity index (χ0) is 15.2. The van der Waals surface area contributed by atoms with Crippen LogP contribution in [-0.4, -0.2) is 22.9 Å². The van der Waals surface area contributed by atoms with Gasteiger partial charge in [0.25, 0.3) is 0 Å². The molecule has 0 saturated carbocycles. The van der Waals surface area contributed by atoms with Crippen LogP contribution in [0, 0.1) is 6.92 Å². The summed E-state index contributed by atoms with van der Waals surface area (Å²) in [6.45, 7) is 4.95. The molecule has 0 bridgehead atoms. The van der Waals surface area contributed by atoms with E-state index in [9.17, 15) is 0 Å². The molecule has 0 aliphatic carbocycles. The number of methoxy groups -OCH3 is 1. The maximum atomic E-state index is 5.77. The summed E-state index contributed by atoms with van der Waals surface area (Å²) in [5.74, 6) is 5.77. The average Bonchev–Trinajstić information content (AvgIpc) is 2.87. The van der Waals surface area contributed by atoms with Gasteiger partial charge in [-0.15, -0.1) is 0 Å². The SMILES string of the molecule is CCn1nc(C)cc1CC(NN)C(OC)c1ccccc1. The minimum atomic E-state index is -0.100. The minimum absolute atomic E-state index is 0.0150. The number of nitrogens with zero attached hydrogens (tertiary/aromatic N) is 2. The minimum Gasteiger partial charge on any atom is -0.375 e. The molecule has 1 aromatic carbocycles. The molecule has 1 heterocycles. The molecule has 0 amide bonds. The third-order valence-electron chi connectivity index (χ3n) is 3.68. The first-order chi connectivity index (χ1) is 10.2. The molecule has 2 unspecified atom stereocenters. The highest BCUT2D eigenvalue weighted by molar-refractivity contribution is 5.20. The Balaban J connectivity index is 2.21. The first kappa shape index (κ1) is 15.7. The fourth-order valence-corrected chi connectivity index (χ4v) is 2.69. The van der Waals surface area contributed by atoms with Crippen molar-refractivity contribution in [1.82, 2.24) is 15.2 Å². The first-order valence-electron chi connectivity index (χ1n) is 7.26. The zero-order valence-corrected chi connectivity index (χ0v) is 12.9. The highest BCUT2D eigenvalue weighted by Crippen LogP contribution is 2.23. The predicted octanol–water partition coefficient (Wildman–Crippen LogP) is 1.97. The summed E-state index contributed by atoms with van der Waals surface area (Å²) in [6.07, 6.45) is 0.662. The van der Waals surface area contributed by atoms with Crippen LogP contribution in [0.1, 0.15) is 30.0 Å². The Bertz CT molecular complexity index is 553. The Labute approximate surface area is 126 Å². The van der Waals surface area contributed by atoms with Crippen molar-refractivity contribution in [3.63, 3.8) is 0 Å². The Morgan fingerprint density at radius 2 is 2.05 bits per heavy atom. The van der Waals surface area contributed by atoms with E-state index >= 15 is 0 Å². The summed E-state index contributed by atoms with van der Waals surface area (Å²) in [4.78, 5) is 0. The molecule has 2 aromatic rings. The van der Waals surface area contributed by atoms with Crippen molar-refractivity contribution in [1.29, 1.82) is 0 Å². The van der Waals surface area contributed by atoms with Crippen LogP contribution in [0.25, 0.3) is 0 Å². The third-order valence-corrected chi connectivity index (χ3v) is 3.68. The van der Waals surface area contributed by atoms with Crippen molar-refractivity contribution in [2.24, 2.45) is 5.84 Å². The van der Waals surface area contributed by atoms with Gasteiger partial charge < -0.3 is 4.74 Å². The Hall–Kier alpha value is -1.69. The normalized spacial score (nSPS) is 14.1. The fourth-order valence-electron chi connectivity index (χ4n) is 2.69. The van der Waals surface area contributed by atoms with Crippen molar-refractivity contribution >= 4 is 0 Å². The van der Waals surface area contributed by atoms with Gasteiger partial charge in [0.05, 0.1) is 17.8 Å². The summed E-state index contributed by atoms with van der Waals surface area (Å²) < 4.78 is 7.68. The number of aryl methyl sites for hydroxylation is 2. The van der Waals surface area contributed by atoms with E-state index in [0.717, 1.165) is 29.9 Å². The van der Waals surface area contributed by atoms with Crippen molar-refractivity contribution < 1.29 is 4.74 Å². The van der Waals surface area contributed by atoms with Gasteiger partial charge in [0, 0.05) is 25.8 Å². The van der Waals surface area contributed by atoms with Gasteiger partial charge in [-0.1, -0.05) is 30.3 Å². The number of hydrogen-bond donors (Lipinski definition) is 2. The van der Waals surface area contributed by atoms with Gasteiger partial charge in [0.2, 0.25) is 0 Å². The molecule has 5 heteroatoms. The van der Waals surface area contributed by atoms with Crippen LogP contribution in [0.4, 0.5) is 0 Å². The van der Waals surface area contributed by atoms with E-state index in [2.05, 4.69) is 35.6 Å². The highest BCUT2D eigenvalue weighted by atomic mass is 16.5. The molecule has 21 heavy (non-hydrogen) atoms. The predicted molar refractivity (Wildman–Crippen MR) is 83.6 cm³/mol. The van der Waals surface area contributed by atoms with Crippen LogP contribution < -0.4 is 11.3 Å². The van der Waals surface area contributed by atoms with Crippen LogP contribution >= 0.6 is 0 Å². The number of rotatable bonds is 7. The van der Waals surface area contributed by atoms with E-state index in [4.69, 9.17) is 10.6 Å². The molecular weight excluding hydrogens is 264 g/mol. The van der Waals surface area contributed by atoms with Gasteiger partial charge in [-0.2, -0.15) is 5.10 Å². The van der Waals surface area contributed by atoms with Crippen LogP contribution in [0.2, 0.25) is 0 Å². The maximum Gasteiger partial charge on any atom is 0.0991 e. The number of ether oxygens (including phenoxy) is 1. The molecular formula is C16H24N4O. The molecule has 0 radical (unpaired) electrons. The standard InChI is InChI=1S/C16H24N4O/c1-4-20-14(10-12(2)19-20)11-15(18-17)16(21-3)13-8-6-5-7-9-13/h5-10,15-16,18H,4,11,17H2,1-3H3. The molecule has 1 aromatic heterocycles. The molecule has 0 fully saturated rings. The lowest BCUT2D eigenvalue weighted by atomic mass is 9.98. The van der Waals surface area contributed by atoms with Crippen molar-refractivity contribution in [3.05, 3.63) is 53.3 Å². The summed E-state index contributed by atoms with van der Waals surface area (Å²) >= 11 is 0. The lowest BCUT2D eigenvalue weighted by Gasteiger charge is -2.26. The van der Waals surface area contributed by atoms with Gasteiger partial charge in [-0.05, 0) is 25.5 Å². The summed E-state index contributed by atoms with van der Waals surface area (Å²) in [5.41, 5.74) is 6.19. The van der Waals surface area contributed by atoms with Gasteiger partial charge in [0.15, 0.2) is 0 Å². The lowest BCUT2D eigenvalue weighted by Crippen LogP contribution is -2.42. The van der Waals surface area contributed by atoms with Gasteiger partial charge in [0.1, 0.15) is 0 Å². The van der Waals surface area contributed by atoms with Crippen LogP contribution in [0.3, 0.4) is 0 Å². The first-order valence-corrected chi connectivity index (χ1v) is 7.26. The van der Waals surface area contributed by atoms with E-state index in [1.54, 1.807) is 7.11 Å². The number of nitrogens with one attached hydrogen (secondary N) is 1. The van der Waals surface area contributed by atoms with Crippen LogP contribution in [0.15, 0.2) is 36.4 Å². The second-order valence-electron chi connectivity index (χ2n) is 5.14. The van der Waals surface area contributed by atoms with E-state index in [-0.39, 0.29) is 12.1 Å². The Kier molecular flexibility index (Phi) is 5.50. The monoisotopic (exact) mass is 288 g/mol. The van der Waals surface area contributed by atoms with Gasteiger partial charge in [-0.25, -0.2) is 0 Å². The van der Waals surface area contributed by atoms with E-state index < -0.39 is 0 Å². The summed E-state index contributed by atoms with van der Waals surface area (Å²) in [6, 6.07) is 12.2. The lowest BCUT2D eigenvalue weighted by molar-refractivity contribution is 0.0672. The van der Waals surface area contributed by atoms with Crippen LogP contribution in [-0.2, 0) is 17.7 Å². The number of aromatic nitrogens is 2. The highest BCUT2D eigenvalue weighted by Gasteiger charge is 2.23. The van der Waals surface area contributed by atoms with Crippen molar-refractivity contribution in [2.75, 3.05) is 7.11 Å². The average molecular weight is 288 g/mol. The molecule has 3 N–H and O–H groups in total. The van der Waals surface area contributed by atoms with Gasteiger partial charge in [-0.3, -0.25) is 16.0 Å². The van der Waals surface area contributed by atoms with Gasteiger partial charge >= 0.3 is 0 Å². The molecule has 0 aliphatic rings. The second kappa shape index (κ2) is 7.36. The number of nitrogens with two attached hydrogens (primary N) is 1. The van der Waals surface area contributed by atoms with E-state index in [1.165, 1.54) is 0 Å². The van der Waals surface area contributed by atoms with E-state index in [1.807, 2.05) is 29.8 Å². The number of hydrazine groups is 1. The van der Waals surface area contributed by atoms with Crippen molar-refractivity contribution in [2.45, 2.75) is 39.0 Å². The molecule has 0 saturated heterocycles. The fraction of sp³-hybridized carbons (Fsp3) is 0.438. The van der Waals surface area contributed by atoms with E-state index in [0.29, 0.717) is 0 Å². The largest absolute Gasteiger partial charge is 0.375 e. The third kappa shape index (κ3) is 3.69. The smallest absolute Gasteiger partial charge is 0.0991 e. The molecule has 2 atom stereocenters. The topological polar surface area (TPSA) is 65.1 Å². The molecule has 114 valence electrons. The molecule has 0 spiro atoms. The molecule has 0 aliphatic heterocycles. The second-order valence-corrected chi connectivity index (χ2v) is 5.14. The maximum absolute atomic E-state index is 5.77. The Morgan fingerprint density at radius 3 is 2.62 bits per heavy atom. The van der Waals surface area contributed by atoms with Crippen molar-refractivity contribution in [3.8, 4) is 0 Å². The zero-order valence-electron chi connectivity index (χ0n) is 12.9. The molecule has 5 nitrogen and oxygen atoms in total. The quantitative estimate of drug-likeness (QED) is 0.604.